The first-order valence-electron chi connectivity index (χ1n) is 4.64. The number of aliphatic hydroxyl groups is 4. The van der Waals surface area contributed by atoms with E-state index >= 15 is 0 Å². The maximum atomic E-state index is 9.74. The van der Waals surface area contributed by atoms with Crippen molar-refractivity contribution >= 4 is 23.6 Å². The number of hydrogen-bond acceptors (Lipinski definition) is 6. The zero-order valence-corrected chi connectivity index (χ0v) is 10.6. The summed E-state index contributed by atoms with van der Waals surface area (Å²) >= 11 is 6.36. The maximum absolute atomic E-state index is 9.74. The molecular weight excluding hydrogens is 268 g/mol. The van der Waals surface area contributed by atoms with Crippen molar-refractivity contribution in [2.24, 2.45) is 0 Å². The first-order chi connectivity index (χ1) is 7.77. The van der Waals surface area contributed by atoms with E-state index in [4.69, 9.17) is 11.6 Å². The summed E-state index contributed by atoms with van der Waals surface area (Å²) in [6.07, 6.45) is 0.655. The Morgan fingerprint density at radius 3 is 2.18 bits per heavy atom. The molecule has 0 aromatic heterocycles. The van der Waals surface area contributed by atoms with Crippen molar-refractivity contribution in [2.45, 2.75) is 18.2 Å². The fourth-order valence-electron chi connectivity index (χ4n) is 1.30. The zero-order chi connectivity index (χ0) is 13.1. The lowest BCUT2D eigenvalue weighted by Crippen LogP contribution is -2.40. The first-order valence-corrected chi connectivity index (χ1v) is 6.17. The van der Waals surface area contributed by atoms with Crippen molar-refractivity contribution in [2.75, 3.05) is 6.26 Å². The third-order valence-corrected chi connectivity index (χ3v) is 2.69. The molecule has 0 radical (unpaired) electrons. The van der Waals surface area contributed by atoms with Crippen LogP contribution < -0.4 is 0 Å². The Balaban J connectivity index is 2.84. The minimum atomic E-state index is -2.64. The van der Waals surface area contributed by atoms with Gasteiger partial charge in [0, 0.05) is 16.8 Å². The van der Waals surface area contributed by atoms with Crippen LogP contribution in [0.5, 0.6) is 0 Å². The summed E-state index contributed by atoms with van der Waals surface area (Å²) in [6, 6.07) is 5.67. The van der Waals surface area contributed by atoms with E-state index in [9.17, 15) is 20.4 Å². The normalized spacial score (nSPS) is 12.8. The van der Waals surface area contributed by atoms with E-state index < -0.39 is 18.2 Å². The molecule has 1 rings (SSSR count). The van der Waals surface area contributed by atoms with Crippen LogP contribution in [-0.4, -0.2) is 32.7 Å². The molecule has 0 atom stereocenters. The van der Waals surface area contributed by atoms with E-state index in [0.717, 1.165) is 0 Å². The first kappa shape index (κ1) is 14.7. The molecule has 0 unspecified atom stereocenters. The summed E-state index contributed by atoms with van der Waals surface area (Å²) in [6.45, 7) is 0. The van der Waals surface area contributed by atoms with Crippen LogP contribution in [0.15, 0.2) is 24.3 Å². The lowest BCUT2D eigenvalue weighted by Gasteiger charge is -2.29. The molecule has 0 amide bonds. The summed E-state index contributed by atoms with van der Waals surface area (Å²) in [5.41, 5.74) is 0.0825. The second kappa shape index (κ2) is 5.53. The third-order valence-electron chi connectivity index (χ3n) is 2.00. The average molecular weight is 281 g/mol. The molecule has 0 aliphatic heterocycles. The Morgan fingerprint density at radius 2 is 1.71 bits per heavy atom. The molecule has 7 heteroatoms. The van der Waals surface area contributed by atoms with Crippen molar-refractivity contribution in [1.29, 1.82) is 0 Å². The molecule has 17 heavy (non-hydrogen) atoms. The second-order valence-corrected chi connectivity index (χ2v) is 4.43. The summed E-state index contributed by atoms with van der Waals surface area (Å²) < 4.78 is 4.49. The van der Waals surface area contributed by atoms with Crippen molar-refractivity contribution in [1.82, 2.24) is 0 Å². The fourth-order valence-corrected chi connectivity index (χ4v) is 1.75. The highest BCUT2D eigenvalue weighted by Crippen LogP contribution is 2.29. The predicted octanol–water partition coefficient (Wildman–Crippen LogP) is 0.800. The van der Waals surface area contributed by atoms with Gasteiger partial charge in [-0.2, -0.15) is 0 Å². The van der Waals surface area contributed by atoms with Crippen LogP contribution in [0.25, 0.3) is 0 Å². The number of rotatable bonds is 5. The molecule has 0 bridgehead atoms. The molecule has 0 heterocycles. The molecule has 1 aromatic rings. The molecule has 0 aliphatic rings. The minimum Gasteiger partial charge on any atom is -0.362 e. The Hall–Kier alpha value is -0.340. The zero-order valence-electron chi connectivity index (χ0n) is 9.00. The standard InChI is InChI=1S/C10H13ClO5S/c1-17-16-10(14,15)6-9(12,13)7-2-4-8(11)5-3-7/h2-5,12-15H,6H2,1H3. The van der Waals surface area contributed by atoms with Gasteiger partial charge in [-0.05, 0) is 24.2 Å². The van der Waals surface area contributed by atoms with Crippen LogP contribution >= 0.6 is 23.6 Å². The van der Waals surface area contributed by atoms with Crippen LogP contribution in [-0.2, 0) is 9.97 Å². The van der Waals surface area contributed by atoms with Crippen LogP contribution in [0.2, 0.25) is 5.02 Å². The minimum absolute atomic E-state index is 0.0825. The van der Waals surface area contributed by atoms with Gasteiger partial charge in [0.05, 0.1) is 6.42 Å². The topological polar surface area (TPSA) is 90.2 Å². The van der Waals surface area contributed by atoms with Gasteiger partial charge >= 0.3 is 0 Å². The molecule has 0 spiro atoms. The predicted molar refractivity (Wildman–Crippen MR) is 64.0 cm³/mol. The van der Waals surface area contributed by atoms with Crippen molar-refractivity contribution in [3.8, 4) is 0 Å². The molecule has 96 valence electrons. The molecule has 0 saturated carbocycles. The average Bonchev–Trinajstić information content (AvgIpc) is 2.16. The molecular formula is C10H13ClO5S. The molecule has 0 fully saturated rings. The van der Waals surface area contributed by atoms with Gasteiger partial charge < -0.3 is 20.4 Å². The molecule has 4 N–H and O–H groups in total. The van der Waals surface area contributed by atoms with Gasteiger partial charge in [0.1, 0.15) is 0 Å². The van der Waals surface area contributed by atoms with E-state index in [2.05, 4.69) is 4.18 Å². The Kier molecular flexibility index (Phi) is 4.79. The highest BCUT2D eigenvalue weighted by atomic mass is 35.5. The van der Waals surface area contributed by atoms with Crippen molar-refractivity contribution < 1.29 is 24.6 Å². The fraction of sp³-hybridized carbons (Fsp3) is 0.400. The summed E-state index contributed by atoms with van der Waals surface area (Å²) in [5, 5.41) is 38.6. The van der Waals surface area contributed by atoms with Crippen molar-refractivity contribution in [3.63, 3.8) is 0 Å². The lowest BCUT2D eigenvalue weighted by atomic mass is 10.0. The van der Waals surface area contributed by atoms with E-state index in [-0.39, 0.29) is 5.56 Å². The van der Waals surface area contributed by atoms with Crippen LogP contribution in [0.4, 0.5) is 0 Å². The number of halogens is 1. The van der Waals surface area contributed by atoms with E-state index in [1.807, 2.05) is 0 Å². The van der Waals surface area contributed by atoms with E-state index in [0.29, 0.717) is 17.1 Å². The molecule has 5 nitrogen and oxygen atoms in total. The molecule has 0 saturated heterocycles. The molecule has 1 aromatic carbocycles. The van der Waals surface area contributed by atoms with Gasteiger partial charge in [0.2, 0.25) is 0 Å². The number of hydrogen-bond donors (Lipinski definition) is 4. The largest absolute Gasteiger partial charge is 0.362 e. The van der Waals surface area contributed by atoms with Crippen LogP contribution in [0.3, 0.4) is 0 Å². The van der Waals surface area contributed by atoms with Crippen LogP contribution in [0.1, 0.15) is 12.0 Å². The van der Waals surface area contributed by atoms with Gasteiger partial charge in [-0.25, -0.2) is 0 Å². The highest BCUT2D eigenvalue weighted by molar-refractivity contribution is 7.93. The summed E-state index contributed by atoms with van der Waals surface area (Å²) in [7, 11) is 0. The maximum Gasteiger partial charge on any atom is 0.294 e. The van der Waals surface area contributed by atoms with Gasteiger partial charge in [-0.3, -0.25) is 4.18 Å². The second-order valence-electron chi connectivity index (χ2n) is 3.49. The smallest absolute Gasteiger partial charge is 0.294 e. The van der Waals surface area contributed by atoms with E-state index in [1.54, 1.807) is 0 Å². The van der Waals surface area contributed by atoms with Gasteiger partial charge in [0.15, 0.2) is 5.79 Å². The Morgan fingerprint density at radius 1 is 1.18 bits per heavy atom. The van der Waals surface area contributed by atoms with Gasteiger partial charge in [-0.1, -0.05) is 23.7 Å². The highest BCUT2D eigenvalue weighted by Gasteiger charge is 2.39. The van der Waals surface area contributed by atoms with Gasteiger partial charge in [0.25, 0.3) is 5.97 Å². The third kappa shape index (κ3) is 4.44. The lowest BCUT2D eigenvalue weighted by molar-refractivity contribution is -0.336. The Labute approximate surface area is 108 Å². The summed E-state index contributed by atoms with van der Waals surface area (Å²) in [4.78, 5) is 0. The summed E-state index contributed by atoms with van der Waals surface area (Å²) in [5.74, 6) is -5.06. The van der Waals surface area contributed by atoms with Crippen LogP contribution in [0, 0.1) is 0 Å². The molecule has 0 aliphatic carbocycles. The van der Waals surface area contributed by atoms with E-state index in [1.165, 1.54) is 30.5 Å². The van der Waals surface area contributed by atoms with Crippen molar-refractivity contribution in [3.05, 3.63) is 34.9 Å². The Bertz CT molecular complexity index is 365. The number of benzene rings is 1. The van der Waals surface area contributed by atoms with Gasteiger partial charge in [-0.15, -0.1) is 0 Å². The SMILES string of the molecule is CSOC(O)(O)CC(O)(O)c1ccc(Cl)cc1. The monoisotopic (exact) mass is 280 g/mol. The quantitative estimate of drug-likeness (QED) is 0.471.